The SMILES string of the molecule is CCCNC(=O)CNC(=O)COC(=O)c1cc(OC)c(OC)c(OC)c1. The van der Waals surface area contributed by atoms with Crippen molar-refractivity contribution >= 4 is 17.8 Å². The molecule has 1 aromatic rings. The maximum atomic E-state index is 12.1. The Bertz CT molecular complexity index is 621. The van der Waals surface area contributed by atoms with Gasteiger partial charge in [-0.2, -0.15) is 0 Å². The smallest absolute Gasteiger partial charge is 0.338 e. The van der Waals surface area contributed by atoms with E-state index >= 15 is 0 Å². The van der Waals surface area contributed by atoms with E-state index in [1.165, 1.54) is 33.5 Å². The quantitative estimate of drug-likeness (QED) is 0.579. The number of carbonyl (C=O) groups excluding carboxylic acids is 3. The summed E-state index contributed by atoms with van der Waals surface area (Å²) in [7, 11) is 4.28. The van der Waals surface area contributed by atoms with E-state index in [1.807, 2.05) is 6.92 Å². The third kappa shape index (κ3) is 6.15. The number of hydrogen-bond acceptors (Lipinski definition) is 7. The summed E-state index contributed by atoms with van der Waals surface area (Å²) in [5.41, 5.74) is 0.132. The van der Waals surface area contributed by atoms with Crippen LogP contribution < -0.4 is 24.8 Å². The Labute approximate surface area is 151 Å². The van der Waals surface area contributed by atoms with Gasteiger partial charge in [-0.3, -0.25) is 9.59 Å². The number of ether oxygens (including phenoxy) is 4. The zero-order valence-electron chi connectivity index (χ0n) is 15.3. The second kappa shape index (κ2) is 10.8. The fourth-order valence-corrected chi connectivity index (χ4v) is 1.97. The summed E-state index contributed by atoms with van der Waals surface area (Å²) in [4.78, 5) is 35.2. The van der Waals surface area contributed by atoms with Gasteiger partial charge in [0, 0.05) is 6.54 Å². The first-order valence-corrected chi connectivity index (χ1v) is 7.97. The molecule has 0 aromatic heterocycles. The topological polar surface area (TPSA) is 112 Å². The van der Waals surface area contributed by atoms with E-state index in [9.17, 15) is 14.4 Å². The van der Waals surface area contributed by atoms with Gasteiger partial charge in [0.2, 0.25) is 11.7 Å². The molecular formula is C17H24N2O7. The van der Waals surface area contributed by atoms with E-state index in [-0.39, 0.29) is 29.5 Å². The molecule has 144 valence electrons. The van der Waals surface area contributed by atoms with Crippen LogP contribution in [0.4, 0.5) is 0 Å². The normalized spacial score (nSPS) is 9.85. The average molecular weight is 368 g/mol. The minimum absolute atomic E-state index is 0.132. The van der Waals surface area contributed by atoms with Gasteiger partial charge in [-0.25, -0.2) is 4.79 Å². The van der Waals surface area contributed by atoms with Gasteiger partial charge in [0.15, 0.2) is 18.1 Å². The Balaban J connectivity index is 2.62. The first-order valence-electron chi connectivity index (χ1n) is 7.97. The van der Waals surface area contributed by atoms with Gasteiger partial charge in [-0.05, 0) is 18.6 Å². The molecule has 0 aliphatic rings. The molecule has 0 radical (unpaired) electrons. The van der Waals surface area contributed by atoms with Gasteiger partial charge in [-0.1, -0.05) is 6.92 Å². The standard InChI is InChI=1S/C17H24N2O7/c1-5-6-18-14(20)9-19-15(21)10-26-17(22)11-7-12(23-2)16(25-4)13(8-11)24-3/h7-8H,5-6,9-10H2,1-4H3,(H,18,20)(H,19,21). The molecule has 26 heavy (non-hydrogen) atoms. The van der Waals surface area contributed by atoms with Crippen LogP contribution in [0.3, 0.4) is 0 Å². The van der Waals surface area contributed by atoms with Crippen molar-refractivity contribution in [1.82, 2.24) is 10.6 Å². The van der Waals surface area contributed by atoms with E-state index < -0.39 is 18.5 Å². The number of nitrogens with one attached hydrogen (secondary N) is 2. The highest BCUT2D eigenvalue weighted by Gasteiger charge is 2.18. The van der Waals surface area contributed by atoms with Crippen LogP contribution in [0, 0.1) is 0 Å². The lowest BCUT2D eigenvalue weighted by atomic mass is 10.2. The summed E-state index contributed by atoms with van der Waals surface area (Å²) in [6, 6.07) is 2.83. The molecule has 0 unspecified atom stereocenters. The van der Waals surface area contributed by atoms with Crippen LogP contribution in [0.15, 0.2) is 12.1 Å². The largest absolute Gasteiger partial charge is 0.493 e. The first-order chi connectivity index (χ1) is 12.5. The van der Waals surface area contributed by atoms with Gasteiger partial charge in [0.05, 0.1) is 33.4 Å². The Kier molecular flexibility index (Phi) is 8.76. The van der Waals surface area contributed by atoms with Gasteiger partial charge in [0.25, 0.3) is 5.91 Å². The number of hydrogen-bond donors (Lipinski definition) is 2. The second-order valence-corrected chi connectivity index (χ2v) is 5.12. The summed E-state index contributed by atoms with van der Waals surface area (Å²) in [6.07, 6.45) is 0.798. The predicted molar refractivity (Wildman–Crippen MR) is 92.7 cm³/mol. The molecule has 0 spiro atoms. The van der Waals surface area contributed by atoms with Crippen molar-refractivity contribution in [2.24, 2.45) is 0 Å². The van der Waals surface area contributed by atoms with Crippen LogP contribution in [-0.4, -0.2) is 58.8 Å². The van der Waals surface area contributed by atoms with Crippen molar-refractivity contribution in [3.8, 4) is 17.2 Å². The van der Waals surface area contributed by atoms with Crippen LogP contribution in [0.1, 0.15) is 23.7 Å². The molecule has 1 rings (SSSR count). The van der Waals surface area contributed by atoms with E-state index in [0.717, 1.165) is 6.42 Å². The number of carbonyl (C=O) groups is 3. The number of benzene rings is 1. The molecule has 0 aliphatic carbocycles. The van der Waals surface area contributed by atoms with Crippen molar-refractivity contribution in [1.29, 1.82) is 0 Å². The van der Waals surface area contributed by atoms with E-state index in [0.29, 0.717) is 12.3 Å². The highest BCUT2D eigenvalue weighted by molar-refractivity contribution is 5.93. The first kappa shape index (κ1) is 21.1. The molecule has 2 amide bonds. The average Bonchev–Trinajstić information content (AvgIpc) is 2.67. The maximum absolute atomic E-state index is 12.1. The van der Waals surface area contributed by atoms with Crippen molar-refractivity contribution in [3.63, 3.8) is 0 Å². The third-order valence-corrected chi connectivity index (χ3v) is 3.25. The summed E-state index contributed by atoms with van der Waals surface area (Å²) >= 11 is 0. The minimum atomic E-state index is -0.741. The molecule has 0 saturated carbocycles. The second-order valence-electron chi connectivity index (χ2n) is 5.12. The molecule has 0 bridgehead atoms. The maximum Gasteiger partial charge on any atom is 0.338 e. The Morgan fingerprint density at radius 1 is 0.923 bits per heavy atom. The molecule has 0 aliphatic heterocycles. The molecule has 0 heterocycles. The van der Waals surface area contributed by atoms with E-state index in [4.69, 9.17) is 18.9 Å². The molecule has 0 saturated heterocycles. The van der Waals surface area contributed by atoms with Crippen molar-refractivity contribution in [2.75, 3.05) is 41.0 Å². The van der Waals surface area contributed by atoms with Crippen LogP contribution >= 0.6 is 0 Å². The highest BCUT2D eigenvalue weighted by atomic mass is 16.5. The fourth-order valence-electron chi connectivity index (χ4n) is 1.97. The zero-order chi connectivity index (χ0) is 19.5. The Morgan fingerprint density at radius 2 is 1.54 bits per heavy atom. The summed E-state index contributed by atoms with van der Waals surface area (Å²) < 4.78 is 20.4. The molecule has 9 heteroatoms. The lowest BCUT2D eigenvalue weighted by Crippen LogP contribution is -2.38. The lowest BCUT2D eigenvalue weighted by molar-refractivity contribution is -0.127. The molecule has 9 nitrogen and oxygen atoms in total. The molecule has 0 fully saturated rings. The third-order valence-electron chi connectivity index (χ3n) is 3.25. The number of esters is 1. The fraction of sp³-hybridized carbons (Fsp3) is 0.471. The van der Waals surface area contributed by atoms with Gasteiger partial charge >= 0.3 is 5.97 Å². The Morgan fingerprint density at radius 3 is 2.04 bits per heavy atom. The number of amides is 2. The zero-order valence-corrected chi connectivity index (χ0v) is 15.3. The number of rotatable bonds is 10. The summed E-state index contributed by atoms with van der Waals surface area (Å²) in [5.74, 6) is -0.725. The monoisotopic (exact) mass is 368 g/mol. The van der Waals surface area contributed by atoms with Crippen LogP contribution in [0.5, 0.6) is 17.2 Å². The molecular weight excluding hydrogens is 344 g/mol. The molecule has 2 N–H and O–H groups in total. The summed E-state index contributed by atoms with van der Waals surface area (Å²) in [6.45, 7) is 1.75. The van der Waals surface area contributed by atoms with Crippen molar-refractivity contribution in [2.45, 2.75) is 13.3 Å². The highest BCUT2D eigenvalue weighted by Crippen LogP contribution is 2.38. The molecule has 1 aromatic carbocycles. The Hall–Kier alpha value is -2.97. The van der Waals surface area contributed by atoms with E-state index in [2.05, 4.69) is 10.6 Å². The molecule has 0 atom stereocenters. The van der Waals surface area contributed by atoms with Gasteiger partial charge < -0.3 is 29.6 Å². The number of methoxy groups -OCH3 is 3. The van der Waals surface area contributed by atoms with Crippen LogP contribution in [0.2, 0.25) is 0 Å². The minimum Gasteiger partial charge on any atom is -0.493 e. The van der Waals surface area contributed by atoms with Crippen molar-refractivity contribution in [3.05, 3.63) is 17.7 Å². The van der Waals surface area contributed by atoms with Crippen LogP contribution in [-0.2, 0) is 14.3 Å². The van der Waals surface area contributed by atoms with Gasteiger partial charge in [0.1, 0.15) is 0 Å². The van der Waals surface area contributed by atoms with E-state index in [1.54, 1.807) is 0 Å². The predicted octanol–water partition coefficient (Wildman–Crippen LogP) is 0.512. The lowest BCUT2D eigenvalue weighted by Gasteiger charge is -2.13. The van der Waals surface area contributed by atoms with Crippen LogP contribution in [0.25, 0.3) is 0 Å². The van der Waals surface area contributed by atoms with Crippen molar-refractivity contribution < 1.29 is 33.3 Å². The summed E-state index contributed by atoms with van der Waals surface area (Å²) in [5, 5.41) is 4.98. The van der Waals surface area contributed by atoms with Gasteiger partial charge in [-0.15, -0.1) is 0 Å².